The van der Waals surface area contributed by atoms with Crippen molar-refractivity contribution in [3.05, 3.63) is 63.7 Å². The Morgan fingerprint density at radius 1 is 1.06 bits per heavy atom. The molecule has 4 heterocycles. The van der Waals surface area contributed by atoms with Gasteiger partial charge in [-0.1, -0.05) is 30.3 Å². The Bertz CT molecular complexity index is 1270. The molecule has 0 bridgehead atoms. The molecule has 5 rings (SSSR count). The number of hydrogen-bond donors (Lipinski definition) is 0. The van der Waals surface area contributed by atoms with Crippen molar-refractivity contribution in [3.8, 4) is 11.3 Å². The average molecular weight is 447 g/mol. The van der Waals surface area contributed by atoms with Crippen molar-refractivity contribution in [1.82, 2.24) is 29.5 Å². The van der Waals surface area contributed by atoms with E-state index in [-0.39, 0.29) is 5.91 Å². The summed E-state index contributed by atoms with van der Waals surface area (Å²) in [5.74, 6) is 0.0508. The zero-order chi connectivity index (χ0) is 22.2. The largest absolute Gasteiger partial charge is 0.336 e. The van der Waals surface area contributed by atoms with E-state index in [2.05, 4.69) is 20.4 Å². The van der Waals surface area contributed by atoms with Crippen molar-refractivity contribution >= 4 is 28.3 Å². The van der Waals surface area contributed by atoms with E-state index >= 15 is 0 Å². The minimum atomic E-state index is 0.0508. The van der Waals surface area contributed by atoms with Gasteiger partial charge in [-0.3, -0.25) is 14.4 Å². The van der Waals surface area contributed by atoms with Gasteiger partial charge in [-0.15, -0.1) is 11.3 Å². The Morgan fingerprint density at radius 3 is 2.50 bits per heavy atom. The van der Waals surface area contributed by atoms with Gasteiger partial charge in [0.05, 0.1) is 33.0 Å². The van der Waals surface area contributed by atoms with Crippen LogP contribution in [0.1, 0.15) is 26.8 Å². The van der Waals surface area contributed by atoms with E-state index in [1.54, 1.807) is 16.0 Å². The lowest BCUT2D eigenvalue weighted by Gasteiger charge is -2.34. The highest BCUT2D eigenvalue weighted by Gasteiger charge is 2.26. The van der Waals surface area contributed by atoms with Gasteiger partial charge in [0, 0.05) is 50.7 Å². The maximum absolute atomic E-state index is 13.7. The quantitative estimate of drug-likeness (QED) is 0.479. The molecule has 0 atom stereocenters. The van der Waals surface area contributed by atoms with Crippen LogP contribution in [0.3, 0.4) is 0 Å². The molecule has 164 valence electrons. The first-order chi connectivity index (χ1) is 15.5. The molecule has 0 N–H and O–H groups in total. The number of benzene rings is 1. The van der Waals surface area contributed by atoms with E-state index in [9.17, 15) is 4.79 Å². The Kier molecular flexibility index (Phi) is 5.48. The van der Waals surface area contributed by atoms with Gasteiger partial charge in [0.2, 0.25) is 0 Å². The highest BCUT2D eigenvalue weighted by molar-refractivity contribution is 7.09. The van der Waals surface area contributed by atoms with Crippen LogP contribution in [0, 0.1) is 13.8 Å². The third-order valence-electron chi connectivity index (χ3n) is 5.98. The summed E-state index contributed by atoms with van der Waals surface area (Å²) >= 11 is 1.68. The lowest BCUT2D eigenvalue weighted by Crippen LogP contribution is -2.48. The van der Waals surface area contributed by atoms with E-state index in [0.29, 0.717) is 18.7 Å². The molecule has 8 heteroatoms. The summed E-state index contributed by atoms with van der Waals surface area (Å²) in [4.78, 5) is 27.4. The zero-order valence-electron chi connectivity index (χ0n) is 18.6. The Balaban J connectivity index is 1.42. The Hall–Kier alpha value is -3.10. The number of hydrogen-bond acceptors (Lipinski definition) is 6. The van der Waals surface area contributed by atoms with Crippen molar-refractivity contribution in [2.24, 2.45) is 7.05 Å². The average Bonchev–Trinajstić information content (AvgIpc) is 3.35. The van der Waals surface area contributed by atoms with Crippen LogP contribution >= 0.6 is 11.3 Å². The number of aryl methyl sites for hydroxylation is 3. The molecule has 0 radical (unpaired) electrons. The van der Waals surface area contributed by atoms with Crippen molar-refractivity contribution in [2.75, 3.05) is 26.2 Å². The van der Waals surface area contributed by atoms with Crippen LogP contribution in [0.2, 0.25) is 0 Å². The van der Waals surface area contributed by atoms with Gasteiger partial charge in [0.15, 0.2) is 5.65 Å². The fraction of sp³-hybridized carbons (Fsp3) is 0.333. The second-order valence-corrected chi connectivity index (χ2v) is 9.32. The van der Waals surface area contributed by atoms with Crippen LogP contribution < -0.4 is 0 Å². The van der Waals surface area contributed by atoms with Crippen LogP contribution in [0.5, 0.6) is 0 Å². The van der Waals surface area contributed by atoms with Gasteiger partial charge in [-0.05, 0) is 19.9 Å². The van der Waals surface area contributed by atoms with E-state index < -0.39 is 0 Å². The minimum Gasteiger partial charge on any atom is -0.336 e. The van der Waals surface area contributed by atoms with Gasteiger partial charge in [-0.25, -0.2) is 9.97 Å². The van der Waals surface area contributed by atoms with E-state index in [0.717, 1.165) is 58.3 Å². The summed E-state index contributed by atoms with van der Waals surface area (Å²) in [6.45, 7) is 7.90. The number of piperazine rings is 1. The van der Waals surface area contributed by atoms with Crippen molar-refractivity contribution in [2.45, 2.75) is 20.4 Å². The first-order valence-corrected chi connectivity index (χ1v) is 11.7. The first kappa shape index (κ1) is 20.8. The molecule has 4 aromatic rings. The van der Waals surface area contributed by atoms with Gasteiger partial charge < -0.3 is 4.90 Å². The minimum absolute atomic E-state index is 0.0508. The fourth-order valence-corrected chi connectivity index (χ4v) is 4.96. The standard InChI is InChI=1S/C24H26N6OS/c1-16-22-20(13-21(18-7-5-4-6-8-18)26-23(22)28(3)27-16)24(31)30-11-9-29(10-12-30)14-19-15-32-17(2)25-19/h4-8,13,15H,9-12,14H2,1-3H3. The lowest BCUT2D eigenvalue weighted by molar-refractivity contribution is 0.0629. The van der Waals surface area contributed by atoms with Crippen LogP contribution in [0.25, 0.3) is 22.3 Å². The molecule has 1 amide bonds. The molecule has 1 aromatic carbocycles. The number of carbonyl (C=O) groups excluding carboxylic acids is 1. The first-order valence-electron chi connectivity index (χ1n) is 10.8. The monoisotopic (exact) mass is 446 g/mol. The van der Waals surface area contributed by atoms with E-state index in [1.165, 1.54) is 0 Å². The predicted octanol–water partition coefficient (Wildman–Crippen LogP) is 3.67. The summed E-state index contributed by atoms with van der Waals surface area (Å²) in [5.41, 5.74) is 5.15. The number of pyridine rings is 1. The van der Waals surface area contributed by atoms with Crippen molar-refractivity contribution in [3.63, 3.8) is 0 Å². The van der Waals surface area contributed by atoms with Crippen LogP contribution in [0.4, 0.5) is 0 Å². The summed E-state index contributed by atoms with van der Waals surface area (Å²) in [6, 6.07) is 11.9. The Morgan fingerprint density at radius 2 is 1.81 bits per heavy atom. The SMILES string of the molecule is Cc1nc(CN2CCN(C(=O)c3cc(-c4ccccc4)nc4c3c(C)nn4C)CC2)cs1. The predicted molar refractivity (Wildman–Crippen MR) is 127 cm³/mol. The molecule has 0 spiro atoms. The normalized spacial score (nSPS) is 14.9. The number of amides is 1. The molecule has 32 heavy (non-hydrogen) atoms. The smallest absolute Gasteiger partial charge is 0.254 e. The molecule has 1 saturated heterocycles. The van der Waals surface area contributed by atoms with E-state index in [1.807, 2.05) is 62.2 Å². The molecule has 3 aromatic heterocycles. The second kappa shape index (κ2) is 8.44. The molecular formula is C24H26N6OS. The van der Waals surface area contributed by atoms with Crippen molar-refractivity contribution < 1.29 is 4.79 Å². The summed E-state index contributed by atoms with van der Waals surface area (Å²) < 4.78 is 1.77. The topological polar surface area (TPSA) is 67.2 Å². The van der Waals surface area contributed by atoms with Crippen LogP contribution in [-0.4, -0.2) is 61.6 Å². The molecule has 0 saturated carbocycles. The zero-order valence-corrected chi connectivity index (χ0v) is 19.4. The number of aromatic nitrogens is 4. The van der Waals surface area contributed by atoms with Crippen LogP contribution in [0.15, 0.2) is 41.8 Å². The molecule has 0 unspecified atom stereocenters. The third-order valence-corrected chi connectivity index (χ3v) is 6.80. The number of fused-ring (bicyclic) bond motifs is 1. The number of thiazole rings is 1. The maximum atomic E-state index is 13.7. The lowest BCUT2D eigenvalue weighted by atomic mass is 10.0. The van der Waals surface area contributed by atoms with Gasteiger partial charge in [0.1, 0.15) is 0 Å². The highest BCUT2D eigenvalue weighted by atomic mass is 32.1. The Labute approximate surface area is 191 Å². The van der Waals surface area contributed by atoms with Gasteiger partial charge in [-0.2, -0.15) is 5.10 Å². The van der Waals surface area contributed by atoms with Gasteiger partial charge in [0.25, 0.3) is 5.91 Å². The van der Waals surface area contributed by atoms with E-state index in [4.69, 9.17) is 4.98 Å². The molecule has 1 aliphatic heterocycles. The maximum Gasteiger partial charge on any atom is 0.254 e. The molecule has 1 fully saturated rings. The third kappa shape index (κ3) is 3.91. The fourth-order valence-electron chi connectivity index (χ4n) is 4.36. The number of carbonyl (C=O) groups is 1. The molecule has 1 aliphatic rings. The summed E-state index contributed by atoms with van der Waals surface area (Å²) in [5, 5.41) is 8.60. The second-order valence-electron chi connectivity index (χ2n) is 8.25. The summed E-state index contributed by atoms with van der Waals surface area (Å²) in [6.07, 6.45) is 0. The highest BCUT2D eigenvalue weighted by Crippen LogP contribution is 2.28. The molecular weight excluding hydrogens is 420 g/mol. The molecule has 0 aliphatic carbocycles. The van der Waals surface area contributed by atoms with Gasteiger partial charge >= 0.3 is 0 Å². The molecule has 7 nitrogen and oxygen atoms in total. The van der Waals surface area contributed by atoms with Crippen LogP contribution in [-0.2, 0) is 13.6 Å². The summed E-state index contributed by atoms with van der Waals surface area (Å²) in [7, 11) is 1.88. The van der Waals surface area contributed by atoms with Crippen molar-refractivity contribution in [1.29, 1.82) is 0 Å². The number of rotatable bonds is 4. The number of nitrogens with zero attached hydrogens (tertiary/aromatic N) is 6.